The summed E-state index contributed by atoms with van der Waals surface area (Å²) >= 11 is 0. The van der Waals surface area contributed by atoms with Gasteiger partial charge in [0.15, 0.2) is 0 Å². The lowest BCUT2D eigenvalue weighted by molar-refractivity contribution is 0.556. The highest BCUT2D eigenvalue weighted by Crippen LogP contribution is 2.34. The maximum absolute atomic E-state index is 4.47. The fourth-order valence-corrected chi connectivity index (χ4v) is 3.01. The summed E-state index contributed by atoms with van der Waals surface area (Å²) in [6.45, 7) is 4.27. The molecule has 100 valence electrons. The third-order valence-corrected chi connectivity index (χ3v) is 4.07. The van der Waals surface area contributed by atoms with Crippen LogP contribution in [0.25, 0.3) is 0 Å². The summed E-state index contributed by atoms with van der Waals surface area (Å²) in [5.74, 6) is 1.89. The third-order valence-electron chi connectivity index (χ3n) is 4.07. The molecule has 1 N–H and O–H groups in total. The van der Waals surface area contributed by atoms with Crippen LogP contribution in [0, 0.1) is 0 Å². The Morgan fingerprint density at radius 1 is 1.37 bits per heavy atom. The van der Waals surface area contributed by atoms with E-state index in [1.165, 1.54) is 29.9 Å². The van der Waals surface area contributed by atoms with Crippen LogP contribution in [-0.2, 0) is 13.0 Å². The molecule has 0 aliphatic carbocycles. The Bertz CT molecular complexity index is 544. The van der Waals surface area contributed by atoms with Crippen LogP contribution in [0.3, 0.4) is 0 Å². The molecule has 2 heterocycles. The van der Waals surface area contributed by atoms with Crippen LogP contribution < -0.4 is 5.32 Å². The maximum atomic E-state index is 4.47. The van der Waals surface area contributed by atoms with Crippen LogP contribution in [0.5, 0.6) is 0 Å². The average Bonchev–Trinajstić information content (AvgIpc) is 2.92. The molecule has 1 atom stereocenters. The Hall–Kier alpha value is -1.77. The summed E-state index contributed by atoms with van der Waals surface area (Å²) in [6, 6.07) is 8.71. The number of rotatable bonds is 4. The summed E-state index contributed by atoms with van der Waals surface area (Å²) < 4.78 is 2.24. The van der Waals surface area contributed by atoms with Gasteiger partial charge in [0.2, 0.25) is 0 Å². The highest BCUT2D eigenvalue weighted by molar-refractivity contribution is 5.54. The largest absolute Gasteiger partial charge is 0.385 e. The van der Waals surface area contributed by atoms with E-state index in [0.29, 0.717) is 5.92 Å². The van der Waals surface area contributed by atoms with Crippen molar-refractivity contribution in [3.8, 4) is 0 Å². The number of hydrogen-bond acceptors (Lipinski definition) is 2. The number of aromatic nitrogens is 2. The number of nitrogens with zero attached hydrogens (tertiary/aromatic N) is 2. The molecule has 3 nitrogen and oxygen atoms in total. The first kappa shape index (κ1) is 12.3. The molecular weight excluding hydrogens is 234 g/mol. The number of nitrogens with one attached hydrogen (secondary N) is 1. The molecule has 1 aromatic heterocycles. The molecule has 0 amide bonds. The molecule has 19 heavy (non-hydrogen) atoms. The van der Waals surface area contributed by atoms with E-state index in [1.807, 2.05) is 6.20 Å². The zero-order valence-corrected chi connectivity index (χ0v) is 11.5. The Balaban J connectivity index is 1.71. The molecule has 0 bridgehead atoms. The second-order valence-corrected chi connectivity index (χ2v) is 5.17. The fraction of sp³-hybridized carbons (Fsp3) is 0.438. The van der Waals surface area contributed by atoms with Gasteiger partial charge in [-0.25, -0.2) is 4.98 Å². The molecule has 1 aliphatic rings. The zero-order chi connectivity index (χ0) is 13.1. The molecule has 0 spiro atoms. The van der Waals surface area contributed by atoms with Crippen LogP contribution in [0.4, 0.5) is 5.69 Å². The minimum absolute atomic E-state index is 0.666. The van der Waals surface area contributed by atoms with E-state index in [-0.39, 0.29) is 0 Å². The Labute approximate surface area is 114 Å². The molecule has 0 fully saturated rings. The van der Waals surface area contributed by atoms with E-state index < -0.39 is 0 Å². The monoisotopic (exact) mass is 255 g/mol. The zero-order valence-electron chi connectivity index (χ0n) is 11.5. The van der Waals surface area contributed by atoms with E-state index >= 15 is 0 Å². The normalized spacial score (nSPS) is 17.8. The van der Waals surface area contributed by atoms with Crippen molar-refractivity contribution in [3.63, 3.8) is 0 Å². The van der Waals surface area contributed by atoms with Gasteiger partial charge in [-0.3, -0.25) is 0 Å². The lowest BCUT2D eigenvalue weighted by Crippen LogP contribution is -2.17. The van der Waals surface area contributed by atoms with Crippen molar-refractivity contribution >= 4 is 5.69 Å². The average molecular weight is 255 g/mol. The molecule has 3 rings (SSSR count). The predicted molar refractivity (Wildman–Crippen MR) is 78.5 cm³/mol. The second-order valence-electron chi connectivity index (χ2n) is 5.17. The molecule has 1 unspecified atom stereocenters. The first-order valence-corrected chi connectivity index (χ1v) is 7.21. The minimum atomic E-state index is 0.666. The number of benzene rings is 1. The van der Waals surface area contributed by atoms with E-state index in [2.05, 4.69) is 52.3 Å². The minimum Gasteiger partial charge on any atom is -0.385 e. The van der Waals surface area contributed by atoms with Gasteiger partial charge in [0.1, 0.15) is 5.82 Å². The standard InChI is InChI=1S/C16H21N3/c1-2-19-12-11-18-16(19)8-7-13-9-10-17-15-6-4-3-5-14(13)15/h3-6,11-13,17H,2,7-10H2,1H3. The van der Waals surface area contributed by atoms with Crippen LogP contribution in [0.2, 0.25) is 0 Å². The lowest BCUT2D eigenvalue weighted by atomic mass is 9.87. The summed E-state index contributed by atoms with van der Waals surface area (Å²) in [4.78, 5) is 4.47. The van der Waals surface area contributed by atoms with Crippen molar-refractivity contribution in [1.29, 1.82) is 0 Å². The van der Waals surface area contributed by atoms with Crippen molar-refractivity contribution < 1.29 is 0 Å². The van der Waals surface area contributed by atoms with E-state index in [1.54, 1.807) is 0 Å². The second kappa shape index (κ2) is 5.47. The van der Waals surface area contributed by atoms with E-state index in [9.17, 15) is 0 Å². The SMILES string of the molecule is CCn1ccnc1CCC1CCNc2ccccc21. The van der Waals surface area contributed by atoms with Gasteiger partial charge in [0.05, 0.1) is 0 Å². The first-order valence-electron chi connectivity index (χ1n) is 7.21. The van der Waals surface area contributed by atoms with Crippen LogP contribution in [-0.4, -0.2) is 16.1 Å². The molecule has 1 aromatic carbocycles. The molecule has 3 heteroatoms. The maximum Gasteiger partial charge on any atom is 0.108 e. The number of imidazole rings is 1. The first-order chi connectivity index (χ1) is 9.38. The quantitative estimate of drug-likeness (QED) is 0.907. The van der Waals surface area contributed by atoms with Crippen molar-refractivity contribution in [2.45, 2.75) is 38.6 Å². The number of hydrogen-bond donors (Lipinski definition) is 1. The van der Waals surface area contributed by atoms with E-state index in [0.717, 1.165) is 19.5 Å². The third kappa shape index (κ3) is 2.50. The van der Waals surface area contributed by atoms with Crippen LogP contribution in [0.1, 0.15) is 37.1 Å². The highest BCUT2D eigenvalue weighted by atomic mass is 15.0. The summed E-state index contributed by atoms with van der Waals surface area (Å²) in [5, 5.41) is 3.49. The van der Waals surface area contributed by atoms with Crippen LogP contribution >= 0.6 is 0 Å². The van der Waals surface area contributed by atoms with Gasteiger partial charge in [-0.05, 0) is 37.3 Å². The van der Waals surface area contributed by atoms with Gasteiger partial charge in [0, 0.05) is 37.6 Å². The van der Waals surface area contributed by atoms with Crippen LogP contribution in [0.15, 0.2) is 36.7 Å². The summed E-state index contributed by atoms with van der Waals surface area (Å²) in [6.07, 6.45) is 7.47. The predicted octanol–water partition coefficient (Wildman–Crippen LogP) is 3.44. The number of fused-ring (bicyclic) bond motifs is 1. The smallest absolute Gasteiger partial charge is 0.108 e. The molecule has 2 aromatic rings. The van der Waals surface area contributed by atoms with Gasteiger partial charge in [0.25, 0.3) is 0 Å². The summed E-state index contributed by atoms with van der Waals surface area (Å²) in [7, 11) is 0. The number of anilines is 1. The topological polar surface area (TPSA) is 29.9 Å². The number of aryl methyl sites for hydroxylation is 2. The van der Waals surface area contributed by atoms with Gasteiger partial charge >= 0.3 is 0 Å². The Morgan fingerprint density at radius 3 is 3.16 bits per heavy atom. The lowest BCUT2D eigenvalue weighted by Gasteiger charge is -2.26. The molecule has 0 saturated carbocycles. The Morgan fingerprint density at radius 2 is 2.26 bits per heavy atom. The summed E-state index contributed by atoms with van der Waals surface area (Å²) in [5.41, 5.74) is 2.79. The van der Waals surface area contributed by atoms with Crippen molar-refractivity contribution in [2.75, 3.05) is 11.9 Å². The van der Waals surface area contributed by atoms with Gasteiger partial charge in [-0.2, -0.15) is 0 Å². The molecule has 0 saturated heterocycles. The van der Waals surface area contributed by atoms with Gasteiger partial charge in [-0.1, -0.05) is 18.2 Å². The van der Waals surface area contributed by atoms with Crippen molar-refractivity contribution in [3.05, 3.63) is 48.0 Å². The number of para-hydroxylation sites is 1. The Kier molecular flexibility index (Phi) is 3.53. The molecule has 0 radical (unpaired) electrons. The van der Waals surface area contributed by atoms with E-state index in [4.69, 9.17) is 0 Å². The van der Waals surface area contributed by atoms with Gasteiger partial charge < -0.3 is 9.88 Å². The highest BCUT2D eigenvalue weighted by Gasteiger charge is 2.19. The van der Waals surface area contributed by atoms with Crippen molar-refractivity contribution in [1.82, 2.24) is 9.55 Å². The fourth-order valence-electron chi connectivity index (χ4n) is 3.01. The van der Waals surface area contributed by atoms with Gasteiger partial charge in [-0.15, -0.1) is 0 Å². The van der Waals surface area contributed by atoms with Crippen molar-refractivity contribution in [2.24, 2.45) is 0 Å². The molecular formula is C16H21N3. The molecule has 1 aliphatic heterocycles.